The summed E-state index contributed by atoms with van der Waals surface area (Å²) in [4.78, 5) is 49.0. The molecular formula is C52H64N4O4Si2. The highest BCUT2D eigenvalue weighted by molar-refractivity contribution is 6.91. The number of pyridine rings is 2. The van der Waals surface area contributed by atoms with Gasteiger partial charge in [-0.25, -0.2) is 9.13 Å². The molecule has 8 nitrogen and oxygen atoms in total. The van der Waals surface area contributed by atoms with Crippen molar-refractivity contribution < 1.29 is 5.11 Å². The second-order valence-corrected chi connectivity index (χ2v) is 29.9. The van der Waals surface area contributed by atoms with Crippen LogP contribution >= 0.6 is 0 Å². The number of anilines is 1. The van der Waals surface area contributed by atoms with E-state index >= 15 is 0 Å². The van der Waals surface area contributed by atoms with Crippen molar-refractivity contribution in [2.24, 2.45) is 4.99 Å². The molecule has 0 atom stereocenters. The molecule has 2 N–H and O–H groups in total. The minimum Gasteiger partial charge on any atom is -0.494 e. The quantitative estimate of drug-likeness (QED) is 0.0767. The van der Waals surface area contributed by atoms with Crippen LogP contribution in [0.15, 0.2) is 80.0 Å². The fourth-order valence-electron chi connectivity index (χ4n) is 10.8. The van der Waals surface area contributed by atoms with Crippen molar-refractivity contribution >= 4 is 43.4 Å². The molecule has 0 saturated carbocycles. The van der Waals surface area contributed by atoms with E-state index in [9.17, 15) is 19.5 Å². The number of nitrogens with one attached hydrogen (secondary N) is 1. The molecule has 0 saturated heterocycles. The summed E-state index contributed by atoms with van der Waals surface area (Å²) in [6.07, 6.45) is 0. The molecule has 2 aliphatic rings. The van der Waals surface area contributed by atoms with Crippen molar-refractivity contribution in [2.75, 3.05) is 18.4 Å². The van der Waals surface area contributed by atoms with E-state index in [1.807, 2.05) is 38.1 Å². The first-order chi connectivity index (χ1) is 29.3. The second-order valence-electron chi connectivity index (χ2n) is 18.7. The van der Waals surface area contributed by atoms with E-state index in [1.165, 1.54) is 9.13 Å². The molecule has 6 rings (SSSR count). The minimum atomic E-state index is -1.98. The van der Waals surface area contributed by atoms with E-state index in [0.29, 0.717) is 85.1 Å². The predicted molar refractivity (Wildman–Crippen MR) is 266 cm³/mol. The van der Waals surface area contributed by atoms with E-state index in [2.05, 4.69) is 111 Å². The highest BCUT2D eigenvalue weighted by Crippen LogP contribution is 2.43. The molecule has 0 spiro atoms. The van der Waals surface area contributed by atoms with E-state index < -0.39 is 32.8 Å². The standard InChI is InChI=1S/C52H64N4O4Si2/c1-15-53-43-29-41-46-45-42(50(58)55(51(59)47(43)45)39-21-17-37(18-22-39)25-27-61(31(3)4,32(5)6)33(7)8)30-44(54-16-2)48(46)52(60)56(49(41)57)40-23-19-38(20-24-40)26-28-62(34(9)10,35(11)12)36(13)14/h17-24,29-36,53,57H,15-16H2,1-14H3. The molecule has 2 heterocycles. The molecule has 4 aromatic rings. The van der Waals surface area contributed by atoms with E-state index in [-0.39, 0.29) is 22.2 Å². The van der Waals surface area contributed by atoms with E-state index in [1.54, 1.807) is 36.4 Å². The molecule has 3 aromatic carbocycles. The molecule has 0 amide bonds. The van der Waals surface area contributed by atoms with Gasteiger partial charge in [0.25, 0.3) is 16.7 Å². The zero-order valence-electron chi connectivity index (χ0n) is 39.2. The van der Waals surface area contributed by atoms with Crippen LogP contribution < -0.4 is 27.4 Å². The number of aromatic hydroxyl groups is 1. The molecule has 1 aromatic heterocycles. The van der Waals surface area contributed by atoms with Gasteiger partial charge in [-0.3, -0.25) is 19.4 Å². The summed E-state index contributed by atoms with van der Waals surface area (Å²) in [6, 6.07) is 18.0. The van der Waals surface area contributed by atoms with E-state index in [4.69, 9.17) is 4.99 Å². The van der Waals surface area contributed by atoms with Gasteiger partial charge < -0.3 is 10.4 Å². The number of rotatable bonds is 11. The van der Waals surface area contributed by atoms with Crippen LogP contribution in [0.25, 0.3) is 44.0 Å². The van der Waals surface area contributed by atoms with Gasteiger partial charge in [0.1, 0.15) is 16.1 Å². The van der Waals surface area contributed by atoms with Crippen LogP contribution in [-0.4, -0.2) is 43.5 Å². The van der Waals surface area contributed by atoms with Gasteiger partial charge >= 0.3 is 0 Å². The lowest BCUT2D eigenvalue weighted by Gasteiger charge is -2.38. The molecule has 324 valence electrons. The summed E-state index contributed by atoms with van der Waals surface area (Å²) in [6.45, 7) is 32.0. The van der Waals surface area contributed by atoms with Crippen molar-refractivity contribution in [3.05, 3.63) is 108 Å². The first-order valence-corrected chi connectivity index (χ1v) is 26.9. The smallest absolute Gasteiger partial charge is 0.268 e. The minimum absolute atomic E-state index is 0.231. The van der Waals surface area contributed by atoms with Gasteiger partial charge in [-0.2, -0.15) is 0 Å². The van der Waals surface area contributed by atoms with Gasteiger partial charge in [-0.1, -0.05) is 94.9 Å². The lowest BCUT2D eigenvalue weighted by molar-refractivity contribution is 0.443. The summed E-state index contributed by atoms with van der Waals surface area (Å²) in [5, 5.41) is 16.9. The maximum Gasteiger partial charge on any atom is 0.268 e. The average Bonchev–Trinajstić information content (AvgIpc) is 3.20. The average molecular weight is 865 g/mol. The summed E-state index contributed by atoms with van der Waals surface area (Å²) in [7, 11) is -3.95. The first-order valence-electron chi connectivity index (χ1n) is 22.4. The number of hydrogen-bond acceptors (Lipinski definition) is 6. The second kappa shape index (κ2) is 17.7. The number of benzene rings is 4. The fraction of sp³-hybridized carbons (Fsp3) is 0.423. The molecule has 0 fully saturated rings. The molecule has 1 aliphatic carbocycles. The molecule has 10 heteroatoms. The SMILES string of the molecule is CCN=c1cc2c(=O)n(-c3ccc(C#C[Si](C(C)C)(C(C)C)C(C)C)cc3)c(=O)c3c(NCC)cc4c(O)n(-c5ccc(C#C[Si](C(C)C)(C(C)C)C(C)C)cc5)c(=O)c1c4c3-2. The number of nitrogens with zero attached hydrogens (tertiary/aromatic N) is 3. The highest BCUT2D eigenvalue weighted by Gasteiger charge is 2.43. The van der Waals surface area contributed by atoms with Crippen LogP contribution in [0.2, 0.25) is 33.2 Å². The van der Waals surface area contributed by atoms with Gasteiger partial charge in [0.05, 0.1) is 33.1 Å². The van der Waals surface area contributed by atoms with Crippen molar-refractivity contribution in [2.45, 2.75) is 130 Å². The maximum absolute atomic E-state index is 14.8. The Bertz CT molecular complexity index is 2910. The molecule has 0 unspecified atom stereocenters. The van der Waals surface area contributed by atoms with Gasteiger partial charge in [-0.05, 0) is 108 Å². The third kappa shape index (κ3) is 7.49. The van der Waals surface area contributed by atoms with Gasteiger partial charge in [0, 0.05) is 46.2 Å². The van der Waals surface area contributed by atoms with Crippen molar-refractivity contribution in [3.63, 3.8) is 0 Å². The topological polar surface area (TPSA) is 106 Å². The predicted octanol–water partition coefficient (Wildman–Crippen LogP) is 10.8. The summed E-state index contributed by atoms with van der Waals surface area (Å²) in [5.41, 5.74) is 12.4. The summed E-state index contributed by atoms with van der Waals surface area (Å²) >= 11 is 0. The third-order valence-electron chi connectivity index (χ3n) is 13.6. The Morgan fingerprint density at radius 2 is 1.03 bits per heavy atom. The fourth-order valence-corrected chi connectivity index (χ4v) is 21.2. The van der Waals surface area contributed by atoms with Crippen LogP contribution in [-0.2, 0) is 0 Å². The first kappa shape index (κ1) is 46.1. The van der Waals surface area contributed by atoms with Gasteiger partial charge in [0.15, 0.2) is 0 Å². The Morgan fingerprint density at radius 3 is 1.45 bits per heavy atom. The summed E-state index contributed by atoms with van der Waals surface area (Å²) < 4.78 is 2.49. The van der Waals surface area contributed by atoms with Crippen molar-refractivity contribution in [1.29, 1.82) is 0 Å². The zero-order chi connectivity index (χ0) is 45.6. The molecule has 62 heavy (non-hydrogen) atoms. The number of hydrogen-bond donors (Lipinski definition) is 2. The van der Waals surface area contributed by atoms with Crippen LogP contribution in [0.3, 0.4) is 0 Å². The Hall–Kier alpha value is -5.43. The van der Waals surface area contributed by atoms with Crippen molar-refractivity contribution in [1.82, 2.24) is 9.13 Å². The van der Waals surface area contributed by atoms with Gasteiger partial charge in [-0.15, -0.1) is 11.1 Å². The molecular weight excluding hydrogens is 801 g/mol. The van der Waals surface area contributed by atoms with Crippen molar-refractivity contribution in [3.8, 4) is 51.3 Å². The third-order valence-corrected chi connectivity index (χ3v) is 26.2. The Balaban J connectivity index is 1.58. The zero-order valence-corrected chi connectivity index (χ0v) is 41.2. The van der Waals surface area contributed by atoms with Crippen LogP contribution in [0.5, 0.6) is 5.88 Å². The Labute approximate surface area is 369 Å². The molecule has 0 radical (unpaired) electrons. The van der Waals surface area contributed by atoms with E-state index in [0.717, 1.165) is 11.1 Å². The lowest BCUT2D eigenvalue weighted by atomic mass is 9.89. The normalized spacial score (nSPS) is 12.8. The Kier molecular flexibility index (Phi) is 13.2. The Morgan fingerprint density at radius 1 is 0.597 bits per heavy atom. The molecule has 0 bridgehead atoms. The molecule has 1 aliphatic heterocycles. The number of aromatic nitrogens is 2. The van der Waals surface area contributed by atoms with Gasteiger partial charge in [0.2, 0.25) is 5.88 Å². The summed E-state index contributed by atoms with van der Waals surface area (Å²) in [5.74, 6) is 6.65. The largest absolute Gasteiger partial charge is 0.494 e. The van der Waals surface area contributed by atoms with Crippen LogP contribution in [0.4, 0.5) is 5.69 Å². The highest BCUT2D eigenvalue weighted by atomic mass is 28.3. The maximum atomic E-state index is 14.8. The lowest BCUT2D eigenvalue weighted by Crippen LogP contribution is -2.43. The monoisotopic (exact) mass is 864 g/mol. The van der Waals surface area contributed by atoms with Crippen LogP contribution in [0, 0.1) is 22.9 Å². The van der Waals surface area contributed by atoms with Crippen LogP contribution in [0.1, 0.15) is 108 Å².